The highest BCUT2D eigenvalue weighted by atomic mass is 32.2. The van der Waals surface area contributed by atoms with E-state index in [9.17, 15) is 18.5 Å². The molecule has 1 aromatic rings. The van der Waals surface area contributed by atoms with Crippen LogP contribution in [0.1, 0.15) is 100 Å². The van der Waals surface area contributed by atoms with Gasteiger partial charge >= 0.3 is 0 Å². The smallest absolute Gasteiger partial charge is 0.292 e. The van der Waals surface area contributed by atoms with Crippen LogP contribution in [0.3, 0.4) is 0 Å². The van der Waals surface area contributed by atoms with Crippen molar-refractivity contribution in [2.45, 2.75) is 174 Å². The van der Waals surface area contributed by atoms with Crippen molar-refractivity contribution in [3.8, 4) is 0 Å². The van der Waals surface area contributed by atoms with E-state index in [1.807, 2.05) is 0 Å². The summed E-state index contributed by atoms with van der Waals surface area (Å²) in [7, 11) is -10.00. The number of anilines is 1. The molecule has 0 saturated carbocycles. The van der Waals surface area contributed by atoms with Crippen LogP contribution in [0, 0.1) is 16.0 Å². The summed E-state index contributed by atoms with van der Waals surface area (Å²) in [6.45, 7) is 40.0. The molecule has 0 radical (unpaired) electrons. The molecule has 54 heavy (non-hydrogen) atoms. The summed E-state index contributed by atoms with van der Waals surface area (Å²) in [5.74, 6) is 0.289. The number of nitrogens with one attached hydrogen (secondary N) is 1. The highest BCUT2D eigenvalue weighted by Crippen LogP contribution is 2.44. The van der Waals surface area contributed by atoms with E-state index in [1.165, 1.54) is 12.1 Å². The summed E-state index contributed by atoms with van der Waals surface area (Å²) >= 11 is 0. The molecule has 0 aromatic heterocycles. The number of benzene rings is 1. The van der Waals surface area contributed by atoms with Crippen molar-refractivity contribution in [2.75, 3.05) is 37.8 Å². The lowest BCUT2D eigenvalue weighted by Crippen LogP contribution is -2.66. The lowest BCUT2D eigenvalue weighted by Gasteiger charge is -2.54. The lowest BCUT2D eigenvalue weighted by atomic mass is 9.88. The van der Waals surface area contributed by atoms with Crippen LogP contribution in [0.5, 0.6) is 0 Å². The Morgan fingerprint density at radius 2 is 1.35 bits per heavy atom. The Morgan fingerprint density at radius 1 is 0.833 bits per heavy atom. The molecule has 1 aliphatic rings. The van der Waals surface area contributed by atoms with Gasteiger partial charge in [0.05, 0.1) is 42.6 Å². The molecule has 1 aromatic carbocycles. The van der Waals surface area contributed by atoms with E-state index >= 15 is 0 Å². The van der Waals surface area contributed by atoms with E-state index in [0.717, 1.165) is 45.0 Å². The average molecular weight is 832 g/mol. The molecule has 0 unspecified atom stereocenters. The van der Waals surface area contributed by atoms with Gasteiger partial charge in [0.1, 0.15) is 5.69 Å². The summed E-state index contributed by atoms with van der Waals surface area (Å²) in [4.78, 5) is 13.9. The molecule has 2 rings (SSSR count). The Hall–Kier alpha value is -1.18. The molecule has 0 aliphatic carbocycles. The fourth-order valence-electron chi connectivity index (χ4n) is 5.86. The second-order valence-electron chi connectivity index (χ2n) is 20.2. The maximum absolute atomic E-state index is 11.7. The highest BCUT2D eigenvalue weighted by molar-refractivity contribution is 7.85. The van der Waals surface area contributed by atoms with Crippen molar-refractivity contribution < 1.29 is 30.8 Å². The summed E-state index contributed by atoms with van der Waals surface area (Å²) in [5.41, 5.74) is 0.862. The number of hydrogen-bond acceptors (Lipinski definition) is 10. The first-order chi connectivity index (χ1) is 24.3. The summed E-state index contributed by atoms with van der Waals surface area (Å²) in [5, 5.41) is 15.1. The van der Waals surface area contributed by atoms with E-state index in [2.05, 4.69) is 119 Å². The molecule has 0 amide bonds. The van der Waals surface area contributed by atoms with Crippen LogP contribution in [-0.2, 0) is 34.2 Å². The number of nitrogens with zero attached hydrogens (tertiary/aromatic N) is 2. The van der Waals surface area contributed by atoms with Crippen LogP contribution in [0.4, 0.5) is 11.4 Å². The van der Waals surface area contributed by atoms with Gasteiger partial charge in [-0.3, -0.25) is 19.2 Å². The van der Waals surface area contributed by atoms with Crippen molar-refractivity contribution in [1.29, 1.82) is 0 Å². The fraction of sp³-hybridized carbons (Fsp3) is 0.846. The van der Waals surface area contributed by atoms with Gasteiger partial charge in [0.2, 0.25) is 0 Å². The zero-order chi connectivity index (χ0) is 41.7. The minimum atomic E-state index is -3.63. The quantitative estimate of drug-likeness (QED) is 0.0473. The van der Waals surface area contributed by atoms with Gasteiger partial charge in [0.25, 0.3) is 15.8 Å². The van der Waals surface area contributed by atoms with Gasteiger partial charge in [0, 0.05) is 19.2 Å². The minimum absolute atomic E-state index is 0.0177. The molecule has 0 spiro atoms. The van der Waals surface area contributed by atoms with E-state index < -0.39 is 40.0 Å². The average Bonchev–Trinajstić information content (AvgIpc) is 2.98. The topological polar surface area (TPSA) is 129 Å². The first kappa shape index (κ1) is 49.0. The third-order valence-corrected chi connectivity index (χ3v) is 26.5. The Kier molecular flexibility index (Phi) is 16.9. The van der Waals surface area contributed by atoms with Crippen LogP contribution in [0.25, 0.3) is 0 Å². The van der Waals surface area contributed by atoms with Crippen LogP contribution in [-0.4, -0.2) is 93.9 Å². The largest absolute Gasteiger partial charge is 0.415 e. The second kappa shape index (κ2) is 18.6. The van der Waals surface area contributed by atoms with Gasteiger partial charge in [-0.15, -0.1) is 0 Å². The molecule has 1 N–H and O–H groups in total. The van der Waals surface area contributed by atoms with E-state index in [4.69, 9.17) is 17.5 Å². The van der Waals surface area contributed by atoms with Gasteiger partial charge < -0.3 is 18.6 Å². The minimum Gasteiger partial charge on any atom is -0.415 e. The molecule has 1 heterocycles. The molecule has 4 atom stereocenters. The lowest BCUT2D eigenvalue weighted by molar-refractivity contribution is -0.384. The number of nitro groups is 1. The van der Waals surface area contributed by atoms with Gasteiger partial charge in [-0.2, -0.15) is 8.42 Å². The number of hydrogen-bond donors (Lipinski definition) is 1. The van der Waals surface area contributed by atoms with Gasteiger partial charge in [0.15, 0.2) is 25.0 Å². The van der Waals surface area contributed by atoms with Crippen molar-refractivity contribution in [1.82, 2.24) is 4.90 Å². The van der Waals surface area contributed by atoms with Gasteiger partial charge in [-0.1, -0.05) is 82.1 Å². The monoisotopic (exact) mass is 831 g/mol. The maximum Gasteiger partial charge on any atom is 0.292 e. The van der Waals surface area contributed by atoms with Gasteiger partial charge in [-0.05, 0) is 97.4 Å². The molecular weight excluding hydrogens is 755 g/mol. The predicted octanol–water partition coefficient (Wildman–Crippen LogP) is 10.2. The molecule has 314 valence electrons. The predicted molar refractivity (Wildman–Crippen MR) is 232 cm³/mol. The Labute approximate surface area is 332 Å². The number of likely N-dealkylation sites (tertiary alicyclic amines) is 1. The van der Waals surface area contributed by atoms with Crippen molar-refractivity contribution >= 4 is 46.4 Å². The first-order valence-electron chi connectivity index (χ1n) is 19.9. The first-order valence-corrected chi connectivity index (χ1v) is 30.4. The normalized spacial score (nSPS) is 21.4. The number of nitro benzene ring substituents is 1. The molecule has 11 nitrogen and oxygen atoms in total. The maximum atomic E-state index is 11.7. The fourth-order valence-corrected chi connectivity index (χ4v) is 9.95. The molecular formula is C39H77N3O8SSi3. The van der Waals surface area contributed by atoms with Gasteiger partial charge in [-0.25, -0.2) is 0 Å². The number of unbranched alkanes of at least 4 members (excludes halogenated alkanes) is 3. The molecule has 1 aliphatic heterocycles. The molecule has 1 fully saturated rings. The third-order valence-electron chi connectivity index (χ3n) is 12.5. The van der Waals surface area contributed by atoms with E-state index in [-0.39, 0.29) is 51.6 Å². The Bertz CT molecular complexity index is 1490. The second-order valence-corrected chi connectivity index (χ2v) is 36.2. The third kappa shape index (κ3) is 14.0. The molecule has 1 saturated heterocycles. The zero-order valence-corrected chi connectivity index (χ0v) is 40.8. The van der Waals surface area contributed by atoms with Crippen LogP contribution in [0.2, 0.25) is 54.4 Å². The Balaban J connectivity index is 2.27. The zero-order valence-electron chi connectivity index (χ0n) is 37.0. The molecule has 0 bridgehead atoms. The van der Waals surface area contributed by atoms with E-state index in [0.29, 0.717) is 24.4 Å². The van der Waals surface area contributed by atoms with Crippen LogP contribution in [0.15, 0.2) is 18.2 Å². The SMILES string of the molecule is C[C@H]1CN(CCCCCCNc2cc(COS(C)(=O)=O)ccc2[N+](=O)[O-])[C@H](CO[Si](C)(C)C(C)(C)C)[C@@H](O[Si](C)(C)C(C)(C)C)[C@@H]1O[Si](C)(C)C(C)(C)C. The summed E-state index contributed by atoms with van der Waals surface area (Å²) in [6, 6.07) is 4.57. The summed E-state index contributed by atoms with van der Waals surface area (Å²) in [6.07, 6.45) is 4.70. The highest BCUT2D eigenvalue weighted by Gasteiger charge is 2.52. The Morgan fingerprint density at radius 3 is 1.85 bits per heavy atom. The van der Waals surface area contributed by atoms with Crippen molar-refractivity contribution in [2.24, 2.45) is 5.92 Å². The van der Waals surface area contributed by atoms with Crippen LogP contribution < -0.4 is 5.32 Å². The summed E-state index contributed by atoms with van der Waals surface area (Å²) < 4.78 is 49.7. The number of rotatable bonds is 19. The number of piperidine rings is 1. The van der Waals surface area contributed by atoms with Crippen LogP contribution >= 0.6 is 0 Å². The van der Waals surface area contributed by atoms with Crippen molar-refractivity contribution in [3.05, 3.63) is 33.9 Å². The molecule has 15 heteroatoms. The van der Waals surface area contributed by atoms with Crippen molar-refractivity contribution in [3.63, 3.8) is 0 Å². The van der Waals surface area contributed by atoms with E-state index in [1.54, 1.807) is 6.07 Å². The standard InChI is InChI=1S/C39H77N3O8SSi3/c1-30-27-41(25-21-19-18-20-24-40-32-26-31(28-47-51(11,45)46)22-23-33(32)42(43)44)34(29-48-52(12,13)37(2,3)4)36(50-54(16,17)39(8,9)10)35(30)49-53(14,15)38(5,6)7/h22-23,26,30,34-36,40H,18-21,24-25,27-29H2,1-17H3/t30-,34+,35+,36+/m0/s1.